The van der Waals surface area contributed by atoms with E-state index in [0.717, 1.165) is 5.52 Å². The molecule has 0 aromatic carbocycles. The van der Waals surface area contributed by atoms with Gasteiger partial charge in [-0.05, 0) is 43.4 Å². The summed E-state index contributed by atoms with van der Waals surface area (Å²) in [5.74, 6) is 0.919. The second-order valence-electron chi connectivity index (χ2n) is 6.19. The second-order valence-corrected chi connectivity index (χ2v) is 6.19. The van der Waals surface area contributed by atoms with Gasteiger partial charge in [0.1, 0.15) is 0 Å². The van der Waals surface area contributed by atoms with Crippen LogP contribution >= 0.6 is 0 Å². The summed E-state index contributed by atoms with van der Waals surface area (Å²) in [6, 6.07) is 3.79. The van der Waals surface area contributed by atoms with Gasteiger partial charge in [0, 0.05) is 18.6 Å². The molecule has 0 aliphatic heterocycles. The van der Waals surface area contributed by atoms with Crippen LogP contribution in [-0.4, -0.2) is 24.5 Å². The minimum Gasteiger partial charge on any atom is -0.290 e. The Kier molecular flexibility index (Phi) is 5.38. The largest absolute Gasteiger partial charge is 0.334 e. The molecule has 6 nitrogen and oxygen atoms in total. The molecule has 3 aromatic rings. The first-order chi connectivity index (χ1) is 12.2. The fourth-order valence-electron chi connectivity index (χ4n) is 3.27. The van der Waals surface area contributed by atoms with Crippen molar-refractivity contribution in [3.63, 3.8) is 0 Å². The van der Waals surface area contributed by atoms with Crippen LogP contribution in [0.5, 0.6) is 0 Å². The van der Waals surface area contributed by atoms with E-state index in [-0.39, 0.29) is 5.69 Å². The number of pyridine rings is 1. The number of hydrogen-bond donors (Lipinski definition) is 1. The van der Waals surface area contributed by atoms with E-state index in [1.807, 2.05) is 13.1 Å². The summed E-state index contributed by atoms with van der Waals surface area (Å²) < 4.78 is 1.49. The van der Waals surface area contributed by atoms with Crippen molar-refractivity contribution in [1.29, 1.82) is 0 Å². The van der Waals surface area contributed by atoms with Crippen LogP contribution in [0.1, 0.15) is 50.5 Å². The Bertz CT molecular complexity index is 891. The third-order valence-electron chi connectivity index (χ3n) is 4.39. The summed E-state index contributed by atoms with van der Waals surface area (Å²) in [6.45, 7) is 5.25. The van der Waals surface area contributed by atoms with Crippen molar-refractivity contribution in [2.45, 2.75) is 44.9 Å². The zero-order chi connectivity index (χ0) is 17.6. The molecule has 1 aliphatic rings. The molecule has 0 amide bonds. The highest BCUT2D eigenvalue weighted by Gasteiger charge is 2.18. The SMILES string of the molecule is C=CC.O=c1[nH]c2ncc(C3CCCCC3)cc2n1-c1ncccn1. The highest BCUT2D eigenvalue weighted by molar-refractivity contribution is 5.73. The van der Waals surface area contributed by atoms with Crippen molar-refractivity contribution in [3.05, 3.63) is 59.4 Å². The van der Waals surface area contributed by atoms with Crippen LogP contribution in [0.15, 0.2) is 48.2 Å². The predicted octanol–water partition coefficient (Wildman–Crippen LogP) is 3.74. The van der Waals surface area contributed by atoms with Crippen molar-refractivity contribution in [2.75, 3.05) is 0 Å². The van der Waals surface area contributed by atoms with E-state index < -0.39 is 0 Å². The van der Waals surface area contributed by atoms with Gasteiger partial charge in [0.05, 0.1) is 5.52 Å². The Morgan fingerprint density at radius 1 is 1.20 bits per heavy atom. The number of hydrogen-bond acceptors (Lipinski definition) is 4. The maximum absolute atomic E-state index is 12.2. The Morgan fingerprint density at radius 2 is 1.88 bits per heavy atom. The Labute approximate surface area is 146 Å². The standard InChI is InChI=1S/C16H17N5O.C3H6/c22-16-20-14-13(21(16)15-17-7-4-8-18-15)9-12(10-19-14)11-5-2-1-3-6-11;1-3-2/h4,7-11H,1-3,5-6H2,(H,19,20,22);3H,1H2,2H3. The maximum Gasteiger partial charge on any atom is 0.334 e. The zero-order valence-corrected chi connectivity index (χ0v) is 14.5. The van der Waals surface area contributed by atoms with E-state index in [2.05, 4.69) is 32.6 Å². The molecule has 1 N–H and O–H groups in total. The Morgan fingerprint density at radius 3 is 2.56 bits per heavy atom. The number of imidazole rings is 1. The van der Waals surface area contributed by atoms with E-state index in [4.69, 9.17) is 0 Å². The fourth-order valence-corrected chi connectivity index (χ4v) is 3.27. The first-order valence-corrected chi connectivity index (χ1v) is 8.69. The van der Waals surface area contributed by atoms with E-state index in [1.54, 1.807) is 24.5 Å². The monoisotopic (exact) mass is 337 g/mol. The lowest BCUT2D eigenvalue weighted by Crippen LogP contribution is -2.17. The van der Waals surface area contributed by atoms with E-state index in [1.165, 1.54) is 42.2 Å². The smallest absolute Gasteiger partial charge is 0.290 e. The third kappa shape index (κ3) is 3.68. The number of nitrogens with zero attached hydrogens (tertiary/aromatic N) is 4. The first-order valence-electron chi connectivity index (χ1n) is 8.69. The van der Waals surface area contributed by atoms with E-state index in [0.29, 0.717) is 17.5 Å². The number of rotatable bonds is 2. The summed E-state index contributed by atoms with van der Waals surface area (Å²) in [5.41, 5.74) is 2.28. The van der Waals surface area contributed by atoms with Gasteiger partial charge in [0.25, 0.3) is 0 Å². The molecule has 4 rings (SSSR count). The van der Waals surface area contributed by atoms with Crippen LogP contribution in [0.2, 0.25) is 0 Å². The predicted molar refractivity (Wildman–Crippen MR) is 99.0 cm³/mol. The summed E-state index contributed by atoms with van der Waals surface area (Å²) in [7, 11) is 0. The molecule has 1 saturated carbocycles. The molecular formula is C19H23N5O. The molecule has 1 fully saturated rings. The van der Waals surface area contributed by atoms with Gasteiger partial charge >= 0.3 is 5.69 Å². The van der Waals surface area contributed by atoms with Crippen molar-refractivity contribution in [1.82, 2.24) is 24.5 Å². The van der Waals surface area contributed by atoms with E-state index >= 15 is 0 Å². The molecule has 0 radical (unpaired) electrons. The average Bonchev–Trinajstić information content (AvgIpc) is 2.98. The van der Waals surface area contributed by atoms with Gasteiger partial charge < -0.3 is 0 Å². The lowest BCUT2D eigenvalue weighted by molar-refractivity contribution is 0.443. The van der Waals surface area contributed by atoms with Gasteiger partial charge in [-0.1, -0.05) is 25.3 Å². The van der Waals surface area contributed by atoms with Gasteiger partial charge in [0.2, 0.25) is 5.95 Å². The maximum atomic E-state index is 12.2. The van der Waals surface area contributed by atoms with Crippen molar-refractivity contribution < 1.29 is 0 Å². The van der Waals surface area contributed by atoms with Gasteiger partial charge in [0.15, 0.2) is 5.65 Å². The lowest BCUT2D eigenvalue weighted by atomic mass is 9.85. The molecule has 0 spiro atoms. The molecule has 0 saturated heterocycles. The fraction of sp³-hybridized carbons (Fsp3) is 0.368. The third-order valence-corrected chi connectivity index (χ3v) is 4.39. The van der Waals surface area contributed by atoms with Gasteiger partial charge in [-0.15, -0.1) is 6.58 Å². The summed E-state index contributed by atoms with van der Waals surface area (Å²) in [5, 5.41) is 0. The van der Waals surface area contributed by atoms with Crippen LogP contribution in [0, 0.1) is 0 Å². The lowest BCUT2D eigenvalue weighted by Gasteiger charge is -2.21. The van der Waals surface area contributed by atoms with Crippen molar-refractivity contribution in [3.8, 4) is 5.95 Å². The van der Waals surface area contributed by atoms with E-state index in [9.17, 15) is 4.79 Å². The molecule has 3 heterocycles. The number of aromatic amines is 1. The molecule has 25 heavy (non-hydrogen) atoms. The Hall–Kier alpha value is -2.76. The zero-order valence-electron chi connectivity index (χ0n) is 14.5. The van der Waals surface area contributed by atoms with Crippen LogP contribution in [-0.2, 0) is 0 Å². The van der Waals surface area contributed by atoms with Crippen molar-refractivity contribution >= 4 is 11.2 Å². The normalized spacial score (nSPS) is 14.8. The van der Waals surface area contributed by atoms with Crippen LogP contribution in [0.3, 0.4) is 0 Å². The Balaban J connectivity index is 0.000000569. The molecule has 1 aliphatic carbocycles. The second kappa shape index (κ2) is 7.88. The minimum absolute atomic E-state index is 0.255. The number of nitrogens with one attached hydrogen (secondary N) is 1. The highest BCUT2D eigenvalue weighted by Crippen LogP contribution is 2.33. The van der Waals surface area contributed by atoms with Crippen LogP contribution in [0.25, 0.3) is 17.1 Å². The van der Waals surface area contributed by atoms with Crippen LogP contribution in [0.4, 0.5) is 0 Å². The molecule has 130 valence electrons. The summed E-state index contributed by atoms with van der Waals surface area (Å²) in [4.78, 5) is 27.8. The average molecular weight is 337 g/mol. The number of H-pyrrole nitrogens is 1. The summed E-state index contributed by atoms with van der Waals surface area (Å²) >= 11 is 0. The number of allylic oxidation sites excluding steroid dienone is 1. The van der Waals surface area contributed by atoms with Crippen LogP contribution < -0.4 is 5.69 Å². The van der Waals surface area contributed by atoms with Gasteiger partial charge in [-0.3, -0.25) is 4.98 Å². The molecular weight excluding hydrogens is 314 g/mol. The quantitative estimate of drug-likeness (QED) is 0.723. The molecule has 0 unspecified atom stereocenters. The number of aromatic nitrogens is 5. The molecule has 3 aromatic heterocycles. The number of fused-ring (bicyclic) bond motifs is 1. The highest BCUT2D eigenvalue weighted by atomic mass is 16.1. The van der Waals surface area contributed by atoms with Gasteiger partial charge in [-0.2, -0.15) is 0 Å². The molecule has 6 heteroatoms. The topological polar surface area (TPSA) is 76.5 Å². The van der Waals surface area contributed by atoms with Crippen molar-refractivity contribution in [2.24, 2.45) is 0 Å². The molecule has 0 atom stereocenters. The minimum atomic E-state index is -0.255. The first kappa shape index (κ1) is 17.1. The molecule has 0 bridgehead atoms. The van der Waals surface area contributed by atoms with Gasteiger partial charge in [-0.25, -0.2) is 24.3 Å². The summed E-state index contributed by atoms with van der Waals surface area (Å²) in [6.07, 6.45) is 13.2.